The minimum absolute atomic E-state index is 0.672. The molecule has 3 unspecified atom stereocenters. The van der Waals surface area contributed by atoms with Gasteiger partial charge in [0, 0.05) is 38.2 Å². The zero-order chi connectivity index (χ0) is 19.5. The number of hydrogen-bond donors (Lipinski definition) is 0. The zero-order valence-corrected chi connectivity index (χ0v) is 17.3. The van der Waals surface area contributed by atoms with Crippen LogP contribution in [-0.2, 0) is 11.8 Å². The van der Waals surface area contributed by atoms with E-state index in [0.29, 0.717) is 12.0 Å². The lowest BCUT2D eigenvalue weighted by atomic mass is 9.91. The van der Waals surface area contributed by atoms with Gasteiger partial charge in [0.2, 0.25) is 0 Å². The molecule has 3 fully saturated rings. The molecule has 1 saturated carbocycles. The van der Waals surface area contributed by atoms with Gasteiger partial charge in [-0.25, -0.2) is 4.68 Å². The molecule has 0 spiro atoms. The minimum Gasteiger partial charge on any atom is -0.380 e. The van der Waals surface area contributed by atoms with Crippen molar-refractivity contribution in [1.82, 2.24) is 24.5 Å². The van der Waals surface area contributed by atoms with E-state index in [-0.39, 0.29) is 0 Å². The number of aromatic nitrogens is 4. The summed E-state index contributed by atoms with van der Waals surface area (Å²) >= 11 is 0. The van der Waals surface area contributed by atoms with Crippen molar-refractivity contribution in [1.29, 1.82) is 0 Å². The molecule has 2 aliphatic heterocycles. The first kappa shape index (κ1) is 17.7. The number of ether oxygens (including phenoxy) is 1. The summed E-state index contributed by atoms with van der Waals surface area (Å²) < 4.78 is 9.49. The average Bonchev–Trinajstić information content (AvgIpc) is 3.48. The Balaban J connectivity index is 1.27. The van der Waals surface area contributed by atoms with Crippen molar-refractivity contribution in [2.75, 3.05) is 26.3 Å². The highest BCUT2D eigenvalue weighted by Gasteiger charge is 2.43. The Hall–Kier alpha value is -2.18. The van der Waals surface area contributed by atoms with E-state index in [1.54, 1.807) is 0 Å². The molecule has 0 radical (unpaired) electrons. The van der Waals surface area contributed by atoms with Gasteiger partial charge in [-0.15, -0.1) is 0 Å². The molecule has 2 aromatic heterocycles. The van der Waals surface area contributed by atoms with E-state index < -0.39 is 0 Å². The second kappa shape index (κ2) is 6.67. The van der Waals surface area contributed by atoms with Gasteiger partial charge in [-0.05, 0) is 67.2 Å². The van der Waals surface area contributed by atoms with E-state index in [2.05, 4.69) is 34.2 Å². The fourth-order valence-electron chi connectivity index (χ4n) is 6.07. The number of rotatable bonds is 3. The van der Waals surface area contributed by atoms with Crippen molar-refractivity contribution in [3.05, 3.63) is 41.9 Å². The normalized spacial score (nSPS) is 29.9. The van der Waals surface area contributed by atoms with Crippen molar-refractivity contribution < 1.29 is 4.74 Å². The first-order valence-electron chi connectivity index (χ1n) is 10.9. The van der Waals surface area contributed by atoms with Crippen LogP contribution in [0.2, 0.25) is 0 Å². The minimum atomic E-state index is 0.672. The highest BCUT2D eigenvalue weighted by Crippen LogP contribution is 2.48. The molecule has 0 amide bonds. The maximum atomic E-state index is 5.62. The molecule has 29 heavy (non-hydrogen) atoms. The highest BCUT2D eigenvalue weighted by atomic mass is 16.5. The summed E-state index contributed by atoms with van der Waals surface area (Å²) in [5.74, 6) is 2.37. The third-order valence-electron chi connectivity index (χ3n) is 7.53. The van der Waals surface area contributed by atoms with Crippen LogP contribution in [0.25, 0.3) is 16.6 Å². The van der Waals surface area contributed by atoms with Crippen LogP contribution in [0.5, 0.6) is 0 Å². The molecular formula is C23H29N5O. The molecule has 3 aromatic rings. The van der Waals surface area contributed by atoms with E-state index in [0.717, 1.165) is 30.7 Å². The maximum Gasteiger partial charge on any atom is 0.103 e. The maximum absolute atomic E-state index is 5.62. The Morgan fingerprint density at radius 2 is 1.90 bits per heavy atom. The van der Waals surface area contributed by atoms with Crippen LogP contribution in [0.4, 0.5) is 0 Å². The lowest BCUT2D eigenvalue weighted by Gasteiger charge is -2.24. The summed E-state index contributed by atoms with van der Waals surface area (Å²) in [7, 11) is 1.95. The summed E-state index contributed by atoms with van der Waals surface area (Å²) in [5, 5.41) is 10.2. The molecule has 4 heterocycles. The average molecular weight is 392 g/mol. The molecule has 2 saturated heterocycles. The fourth-order valence-corrected chi connectivity index (χ4v) is 6.07. The number of fused-ring (bicyclic) bond motifs is 2. The van der Waals surface area contributed by atoms with E-state index >= 15 is 0 Å². The number of likely N-dealkylation sites (tertiary alicyclic amines) is 1. The number of benzene rings is 1. The molecule has 4 atom stereocenters. The molecule has 6 heteroatoms. The predicted molar refractivity (Wildman–Crippen MR) is 112 cm³/mol. The van der Waals surface area contributed by atoms with Crippen LogP contribution in [0.1, 0.15) is 36.3 Å². The first-order chi connectivity index (χ1) is 14.2. The Morgan fingerprint density at radius 1 is 1.07 bits per heavy atom. The van der Waals surface area contributed by atoms with E-state index in [1.807, 2.05) is 35.0 Å². The summed E-state index contributed by atoms with van der Waals surface area (Å²) in [6.45, 7) is 6.70. The van der Waals surface area contributed by atoms with E-state index in [1.165, 1.54) is 54.4 Å². The van der Waals surface area contributed by atoms with Crippen molar-refractivity contribution in [3.8, 4) is 5.69 Å². The quantitative estimate of drug-likeness (QED) is 0.688. The molecule has 3 aliphatic rings. The molecule has 152 valence electrons. The van der Waals surface area contributed by atoms with Crippen molar-refractivity contribution in [2.45, 2.75) is 38.1 Å². The Labute approximate surface area is 171 Å². The number of nitrogens with zero attached hydrogens (tertiary/aromatic N) is 5. The third-order valence-corrected chi connectivity index (χ3v) is 7.53. The Morgan fingerprint density at radius 3 is 2.59 bits per heavy atom. The van der Waals surface area contributed by atoms with Gasteiger partial charge in [-0.2, -0.15) is 10.2 Å². The second-order valence-electron chi connectivity index (χ2n) is 9.36. The van der Waals surface area contributed by atoms with Gasteiger partial charge in [0.1, 0.15) is 5.69 Å². The Kier molecular flexibility index (Phi) is 4.06. The molecule has 6 rings (SSSR count). The van der Waals surface area contributed by atoms with Gasteiger partial charge in [0.25, 0.3) is 0 Å². The number of aryl methyl sites for hydroxylation is 2. The molecule has 0 N–H and O–H groups in total. The van der Waals surface area contributed by atoms with E-state index in [9.17, 15) is 0 Å². The molecule has 0 bridgehead atoms. The van der Waals surface area contributed by atoms with Crippen molar-refractivity contribution in [2.24, 2.45) is 18.9 Å². The summed E-state index contributed by atoms with van der Waals surface area (Å²) in [4.78, 5) is 2.71. The van der Waals surface area contributed by atoms with Gasteiger partial charge < -0.3 is 4.74 Å². The topological polar surface area (TPSA) is 48.1 Å². The third kappa shape index (κ3) is 2.92. The van der Waals surface area contributed by atoms with Crippen LogP contribution < -0.4 is 0 Å². The van der Waals surface area contributed by atoms with Gasteiger partial charge in [-0.3, -0.25) is 9.58 Å². The predicted octanol–water partition coefficient (Wildman–Crippen LogP) is 3.28. The van der Waals surface area contributed by atoms with Gasteiger partial charge in [-0.1, -0.05) is 0 Å². The fraction of sp³-hybridized carbons (Fsp3) is 0.565. The van der Waals surface area contributed by atoms with Crippen molar-refractivity contribution >= 4 is 10.9 Å². The van der Waals surface area contributed by atoms with Crippen LogP contribution in [0.3, 0.4) is 0 Å². The van der Waals surface area contributed by atoms with Crippen LogP contribution in [0, 0.1) is 18.8 Å². The summed E-state index contributed by atoms with van der Waals surface area (Å²) in [5.41, 5.74) is 5.15. The second-order valence-corrected chi connectivity index (χ2v) is 9.36. The number of hydrogen-bond acceptors (Lipinski definition) is 4. The van der Waals surface area contributed by atoms with Gasteiger partial charge >= 0.3 is 0 Å². The standard InChI is InChI=1S/C23H29N5O/c1-15-5-17-9-25-28(21-10-24-26(2)13-21)23(17)8-22(15)16-6-18-11-27(12-19(18)7-16)20-3-4-29-14-20/h5,8-10,13,16,18-20H,3-4,6-7,11-12,14H2,1-2H3/t16?,18-,19?,20?/m1/s1. The largest absolute Gasteiger partial charge is 0.380 e. The molecule has 1 aromatic carbocycles. The van der Waals surface area contributed by atoms with Crippen LogP contribution in [-0.4, -0.2) is 56.8 Å². The Bertz CT molecular complexity index is 1030. The monoisotopic (exact) mass is 391 g/mol. The zero-order valence-electron chi connectivity index (χ0n) is 17.3. The SMILES string of the molecule is Cc1cc2cnn(-c3cnn(C)c3)c2cc1C1CC2CN(C3CCOC3)C[C@H]2C1. The van der Waals surface area contributed by atoms with E-state index in [4.69, 9.17) is 4.74 Å². The van der Waals surface area contributed by atoms with Crippen LogP contribution in [0.15, 0.2) is 30.7 Å². The molecule has 6 nitrogen and oxygen atoms in total. The summed E-state index contributed by atoms with van der Waals surface area (Å²) in [6.07, 6.45) is 9.74. The van der Waals surface area contributed by atoms with Gasteiger partial charge in [0.05, 0.1) is 30.7 Å². The lowest BCUT2D eigenvalue weighted by molar-refractivity contribution is 0.153. The van der Waals surface area contributed by atoms with Crippen molar-refractivity contribution in [3.63, 3.8) is 0 Å². The molecule has 1 aliphatic carbocycles. The highest BCUT2D eigenvalue weighted by molar-refractivity contribution is 5.82. The van der Waals surface area contributed by atoms with Gasteiger partial charge in [0.15, 0.2) is 0 Å². The first-order valence-corrected chi connectivity index (χ1v) is 10.9. The smallest absolute Gasteiger partial charge is 0.103 e. The lowest BCUT2D eigenvalue weighted by Crippen LogP contribution is -2.34. The molecular weight excluding hydrogens is 362 g/mol. The van der Waals surface area contributed by atoms with Crippen LogP contribution >= 0.6 is 0 Å². The summed E-state index contributed by atoms with van der Waals surface area (Å²) in [6, 6.07) is 5.39.